The van der Waals surface area contributed by atoms with Crippen molar-refractivity contribution in [3.63, 3.8) is 0 Å². The molecule has 0 radical (unpaired) electrons. The minimum Gasteiger partial charge on any atom is -0.319 e. The Morgan fingerprint density at radius 3 is 2.10 bits per heavy atom. The van der Waals surface area contributed by atoms with Crippen molar-refractivity contribution in [2.75, 3.05) is 26.2 Å². The molecule has 0 saturated carbocycles. The lowest BCUT2D eigenvalue weighted by atomic mass is 10.2. The number of hydrogen-bond donors (Lipinski definition) is 3. The molecule has 1 saturated heterocycles. The summed E-state index contributed by atoms with van der Waals surface area (Å²) < 4.78 is 12.7. The molecular formula is C14H18FN3O2. The van der Waals surface area contributed by atoms with Crippen LogP contribution in [0.2, 0.25) is 0 Å². The molecule has 1 aliphatic heterocycles. The molecule has 1 aliphatic rings. The van der Waals surface area contributed by atoms with Gasteiger partial charge in [-0.15, -0.1) is 0 Å². The minimum absolute atomic E-state index is 0.656. The normalized spacial score (nSPS) is 13.7. The molecule has 0 spiro atoms. The van der Waals surface area contributed by atoms with E-state index in [9.17, 15) is 9.18 Å². The van der Waals surface area contributed by atoms with Crippen LogP contribution in [0.4, 0.5) is 4.39 Å². The summed E-state index contributed by atoms with van der Waals surface area (Å²) in [5.74, 6) is -0.742. The van der Waals surface area contributed by atoms with Gasteiger partial charge in [-0.3, -0.25) is 4.79 Å². The van der Waals surface area contributed by atoms with Gasteiger partial charge in [0, 0.05) is 37.1 Å². The topological polar surface area (TPSA) is 74.0 Å². The van der Waals surface area contributed by atoms with Crippen LogP contribution in [0.5, 0.6) is 0 Å². The minimum atomic E-state index is -0.742. The zero-order chi connectivity index (χ0) is 14.8. The third-order valence-corrected chi connectivity index (χ3v) is 2.67. The monoisotopic (exact) mass is 279 g/mol. The van der Waals surface area contributed by atoms with Gasteiger partial charge in [-0.2, -0.15) is 0 Å². The quantitative estimate of drug-likeness (QED) is 0.662. The lowest BCUT2D eigenvalue weighted by Gasteiger charge is -2.11. The third-order valence-electron chi connectivity index (χ3n) is 2.67. The predicted octanol–water partition coefficient (Wildman–Crippen LogP) is 0.662. The third kappa shape index (κ3) is 4.91. The summed E-state index contributed by atoms with van der Waals surface area (Å²) in [6.45, 7) is 6.56. The van der Waals surface area contributed by atoms with Crippen LogP contribution in [0.25, 0.3) is 10.9 Å². The summed E-state index contributed by atoms with van der Waals surface area (Å²) in [5.41, 5.74) is -0.0161. The van der Waals surface area contributed by atoms with E-state index in [0.29, 0.717) is 10.9 Å². The molecule has 5 nitrogen and oxygen atoms in total. The Kier molecular flexibility index (Phi) is 7.16. The van der Waals surface area contributed by atoms with Gasteiger partial charge in [0.15, 0.2) is 5.82 Å². The van der Waals surface area contributed by atoms with Crippen LogP contribution in [-0.4, -0.2) is 38.0 Å². The fourth-order valence-corrected chi connectivity index (χ4v) is 1.72. The van der Waals surface area contributed by atoms with Crippen LogP contribution < -0.4 is 16.2 Å². The van der Waals surface area contributed by atoms with Crippen molar-refractivity contribution in [1.82, 2.24) is 15.6 Å². The predicted molar refractivity (Wildman–Crippen MR) is 77.4 cm³/mol. The van der Waals surface area contributed by atoms with Gasteiger partial charge in [0.25, 0.3) is 5.56 Å². The Morgan fingerprint density at radius 1 is 1.00 bits per heavy atom. The van der Waals surface area contributed by atoms with Crippen molar-refractivity contribution in [3.05, 3.63) is 46.5 Å². The SMILES string of the molecule is C1CNCCN1.C=O.O=c1[nH]c2ccccc2cc1F. The Balaban J connectivity index is 0.000000211. The van der Waals surface area contributed by atoms with Gasteiger partial charge in [0.2, 0.25) is 0 Å². The average Bonchev–Trinajstić information content (AvgIpc) is 2.53. The van der Waals surface area contributed by atoms with Crippen molar-refractivity contribution < 1.29 is 9.18 Å². The van der Waals surface area contributed by atoms with Crippen molar-refractivity contribution in [3.8, 4) is 0 Å². The summed E-state index contributed by atoms with van der Waals surface area (Å²) in [6.07, 6.45) is 0. The molecule has 20 heavy (non-hydrogen) atoms. The number of rotatable bonds is 0. The fourth-order valence-electron chi connectivity index (χ4n) is 1.72. The van der Waals surface area contributed by atoms with E-state index in [0.717, 1.165) is 26.2 Å². The van der Waals surface area contributed by atoms with Gasteiger partial charge >= 0.3 is 0 Å². The molecule has 1 fully saturated rings. The van der Waals surface area contributed by atoms with E-state index in [1.54, 1.807) is 24.3 Å². The molecule has 2 heterocycles. The summed E-state index contributed by atoms with van der Waals surface area (Å²) in [5, 5.41) is 7.15. The number of piperazine rings is 1. The first-order chi connectivity index (χ1) is 9.77. The van der Waals surface area contributed by atoms with Crippen LogP contribution in [0.3, 0.4) is 0 Å². The number of nitrogens with one attached hydrogen (secondary N) is 3. The molecular weight excluding hydrogens is 261 g/mol. The van der Waals surface area contributed by atoms with Crippen LogP contribution in [0, 0.1) is 5.82 Å². The fraction of sp³-hybridized carbons (Fsp3) is 0.286. The lowest BCUT2D eigenvalue weighted by molar-refractivity contribution is -0.0979. The van der Waals surface area contributed by atoms with E-state index in [1.807, 2.05) is 6.79 Å². The van der Waals surface area contributed by atoms with Gasteiger partial charge in [0.1, 0.15) is 6.79 Å². The molecule has 6 heteroatoms. The number of aromatic amines is 1. The highest BCUT2D eigenvalue weighted by molar-refractivity contribution is 5.77. The van der Waals surface area contributed by atoms with Gasteiger partial charge in [-0.25, -0.2) is 4.39 Å². The zero-order valence-corrected chi connectivity index (χ0v) is 11.1. The molecule has 0 unspecified atom stereocenters. The number of aromatic nitrogens is 1. The first-order valence-electron chi connectivity index (χ1n) is 6.25. The first kappa shape index (κ1) is 16.0. The zero-order valence-electron chi connectivity index (χ0n) is 11.1. The summed E-state index contributed by atoms with van der Waals surface area (Å²) in [7, 11) is 0. The maximum Gasteiger partial charge on any atom is 0.284 e. The largest absolute Gasteiger partial charge is 0.319 e. The van der Waals surface area contributed by atoms with E-state index in [-0.39, 0.29) is 0 Å². The van der Waals surface area contributed by atoms with E-state index in [4.69, 9.17) is 4.79 Å². The van der Waals surface area contributed by atoms with Crippen LogP contribution >= 0.6 is 0 Å². The van der Waals surface area contributed by atoms with Crippen molar-refractivity contribution in [2.45, 2.75) is 0 Å². The molecule has 2 aromatic rings. The maximum atomic E-state index is 12.7. The summed E-state index contributed by atoms with van der Waals surface area (Å²) >= 11 is 0. The van der Waals surface area contributed by atoms with Crippen molar-refractivity contribution in [1.29, 1.82) is 0 Å². The second-order valence-electron chi connectivity index (χ2n) is 4.03. The van der Waals surface area contributed by atoms with Gasteiger partial charge in [-0.05, 0) is 12.1 Å². The molecule has 0 bridgehead atoms. The number of hydrogen-bond acceptors (Lipinski definition) is 4. The van der Waals surface area contributed by atoms with Gasteiger partial charge in [-0.1, -0.05) is 18.2 Å². The first-order valence-corrected chi connectivity index (χ1v) is 6.25. The van der Waals surface area contributed by atoms with Crippen LogP contribution in [0.15, 0.2) is 35.1 Å². The standard InChI is InChI=1S/C9H6FNO.C4H10N2.CH2O/c10-7-5-6-3-1-2-4-8(6)11-9(7)12;1-2-6-4-3-5-1;1-2/h1-5H,(H,11,12);5-6H,1-4H2;1H2. The molecule has 0 atom stereocenters. The number of para-hydroxylation sites is 1. The smallest absolute Gasteiger partial charge is 0.284 e. The highest BCUT2D eigenvalue weighted by atomic mass is 19.1. The van der Waals surface area contributed by atoms with E-state index < -0.39 is 11.4 Å². The van der Waals surface area contributed by atoms with Gasteiger partial charge < -0.3 is 20.4 Å². The molecule has 3 N–H and O–H groups in total. The Morgan fingerprint density at radius 2 is 1.55 bits per heavy atom. The van der Waals surface area contributed by atoms with E-state index >= 15 is 0 Å². The number of carbonyl (C=O) groups is 1. The van der Waals surface area contributed by atoms with Crippen LogP contribution in [0.1, 0.15) is 0 Å². The molecule has 0 aliphatic carbocycles. The molecule has 1 aromatic carbocycles. The average molecular weight is 279 g/mol. The Bertz CT molecular complexity index is 570. The second kappa shape index (κ2) is 8.95. The van der Waals surface area contributed by atoms with E-state index in [1.165, 1.54) is 6.07 Å². The van der Waals surface area contributed by atoms with E-state index in [2.05, 4.69) is 15.6 Å². The molecule has 108 valence electrons. The van der Waals surface area contributed by atoms with Crippen LogP contribution in [-0.2, 0) is 4.79 Å². The Hall–Kier alpha value is -2.05. The molecule has 0 amide bonds. The lowest BCUT2D eigenvalue weighted by Crippen LogP contribution is -2.39. The number of halogens is 1. The second-order valence-corrected chi connectivity index (χ2v) is 4.03. The number of fused-ring (bicyclic) bond motifs is 1. The van der Waals surface area contributed by atoms with Crippen molar-refractivity contribution >= 4 is 17.7 Å². The highest BCUT2D eigenvalue weighted by Crippen LogP contribution is 2.08. The maximum absolute atomic E-state index is 12.7. The summed E-state index contributed by atoms with van der Waals surface area (Å²) in [6, 6.07) is 8.29. The number of carbonyl (C=O) groups excluding carboxylic acids is 1. The molecule has 3 rings (SSSR count). The molecule has 1 aromatic heterocycles. The number of pyridine rings is 1. The Labute approximate surface area is 116 Å². The van der Waals surface area contributed by atoms with Crippen molar-refractivity contribution in [2.24, 2.45) is 0 Å². The number of H-pyrrole nitrogens is 1. The highest BCUT2D eigenvalue weighted by Gasteiger charge is 1.98. The number of benzene rings is 1. The summed E-state index contributed by atoms with van der Waals surface area (Å²) in [4.78, 5) is 21.2. The van der Waals surface area contributed by atoms with Gasteiger partial charge in [0.05, 0.1) is 0 Å².